The third-order valence-electron chi connectivity index (χ3n) is 3.59. The molecule has 1 amide bonds. The van der Waals surface area contributed by atoms with Crippen LogP contribution >= 0.6 is 0 Å². The summed E-state index contributed by atoms with van der Waals surface area (Å²) in [6, 6.07) is 7.73. The number of carbonyl (C=O) groups excluding carboxylic acids is 2. The summed E-state index contributed by atoms with van der Waals surface area (Å²) in [5.41, 5.74) is 1.99. The Morgan fingerprint density at radius 1 is 1.19 bits per heavy atom. The molecule has 21 heavy (non-hydrogen) atoms. The van der Waals surface area contributed by atoms with Crippen molar-refractivity contribution < 1.29 is 14.3 Å². The first-order chi connectivity index (χ1) is 9.77. The van der Waals surface area contributed by atoms with E-state index in [0.29, 0.717) is 5.69 Å². The van der Waals surface area contributed by atoms with E-state index in [2.05, 4.69) is 26.1 Å². The maximum absolute atomic E-state index is 12.0. The van der Waals surface area contributed by atoms with Crippen molar-refractivity contribution in [3.05, 3.63) is 29.8 Å². The van der Waals surface area contributed by atoms with Crippen LogP contribution in [-0.4, -0.2) is 18.0 Å². The number of carbonyl (C=O) groups is 2. The molecule has 0 aliphatic heterocycles. The normalized spacial score (nSPS) is 16.2. The topological polar surface area (TPSA) is 55.4 Å². The van der Waals surface area contributed by atoms with Gasteiger partial charge in [0.15, 0.2) is 6.10 Å². The Morgan fingerprint density at radius 2 is 1.76 bits per heavy atom. The van der Waals surface area contributed by atoms with Crippen molar-refractivity contribution >= 4 is 17.6 Å². The summed E-state index contributed by atoms with van der Waals surface area (Å²) < 4.78 is 5.14. The van der Waals surface area contributed by atoms with Crippen LogP contribution in [0.3, 0.4) is 0 Å². The summed E-state index contributed by atoms with van der Waals surface area (Å²) in [5.74, 6) is -0.556. The Morgan fingerprint density at radius 3 is 2.24 bits per heavy atom. The average Bonchev–Trinajstić information content (AvgIpc) is 3.22. The first kappa shape index (κ1) is 15.5. The van der Waals surface area contributed by atoms with Crippen LogP contribution < -0.4 is 5.32 Å². The van der Waals surface area contributed by atoms with E-state index in [0.717, 1.165) is 12.8 Å². The minimum atomic E-state index is -0.764. The monoisotopic (exact) mass is 289 g/mol. The molecule has 1 aliphatic carbocycles. The average molecular weight is 289 g/mol. The van der Waals surface area contributed by atoms with Gasteiger partial charge in [-0.1, -0.05) is 32.9 Å². The Bertz CT molecular complexity index is 524. The second-order valence-electron chi connectivity index (χ2n) is 6.67. The smallest absolute Gasteiger partial charge is 0.309 e. The molecule has 0 bridgehead atoms. The SMILES string of the molecule is CC(OC(=O)C1CC1)C(=O)Nc1ccc(C(C)(C)C)cc1. The van der Waals surface area contributed by atoms with Crippen molar-refractivity contribution in [1.29, 1.82) is 0 Å². The van der Waals surface area contributed by atoms with Crippen LogP contribution in [0.1, 0.15) is 46.1 Å². The Balaban J connectivity index is 1.91. The molecule has 1 atom stereocenters. The summed E-state index contributed by atoms with van der Waals surface area (Å²) in [4.78, 5) is 23.5. The molecule has 1 saturated carbocycles. The Kier molecular flexibility index (Phi) is 4.35. The van der Waals surface area contributed by atoms with Crippen molar-refractivity contribution in [2.75, 3.05) is 5.32 Å². The highest BCUT2D eigenvalue weighted by molar-refractivity contribution is 5.95. The molecule has 2 rings (SSSR count). The summed E-state index contributed by atoms with van der Waals surface area (Å²) in [6.45, 7) is 8.01. The molecule has 0 heterocycles. The number of benzene rings is 1. The molecule has 0 spiro atoms. The number of amides is 1. The van der Waals surface area contributed by atoms with Crippen molar-refractivity contribution in [3.8, 4) is 0 Å². The van der Waals surface area contributed by atoms with Gasteiger partial charge in [0.25, 0.3) is 5.91 Å². The van der Waals surface area contributed by atoms with Crippen molar-refractivity contribution in [2.24, 2.45) is 5.92 Å². The molecule has 4 heteroatoms. The molecule has 1 aromatic rings. The summed E-state index contributed by atoms with van der Waals surface area (Å²) >= 11 is 0. The quantitative estimate of drug-likeness (QED) is 0.866. The van der Waals surface area contributed by atoms with E-state index in [9.17, 15) is 9.59 Å². The number of anilines is 1. The molecular weight excluding hydrogens is 266 g/mol. The first-order valence-corrected chi connectivity index (χ1v) is 7.39. The lowest BCUT2D eigenvalue weighted by molar-refractivity contribution is -0.154. The zero-order chi connectivity index (χ0) is 15.6. The fourth-order valence-electron chi connectivity index (χ4n) is 1.94. The van der Waals surface area contributed by atoms with Gasteiger partial charge in [-0.15, -0.1) is 0 Å². The molecule has 0 saturated heterocycles. The zero-order valence-electron chi connectivity index (χ0n) is 13.1. The molecule has 1 fully saturated rings. The molecule has 1 N–H and O–H groups in total. The molecule has 0 radical (unpaired) electrons. The van der Waals surface area contributed by atoms with Crippen molar-refractivity contribution in [3.63, 3.8) is 0 Å². The van der Waals surface area contributed by atoms with E-state index in [1.54, 1.807) is 6.92 Å². The van der Waals surface area contributed by atoms with Gasteiger partial charge in [0.1, 0.15) is 0 Å². The van der Waals surface area contributed by atoms with Crippen LogP contribution in [-0.2, 0) is 19.7 Å². The highest BCUT2D eigenvalue weighted by Crippen LogP contribution is 2.30. The number of hydrogen-bond donors (Lipinski definition) is 1. The van der Waals surface area contributed by atoms with Gasteiger partial charge in [-0.3, -0.25) is 9.59 Å². The zero-order valence-corrected chi connectivity index (χ0v) is 13.1. The van der Waals surface area contributed by atoms with Gasteiger partial charge in [0.05, 0.1) is 5.92 Å². The van der Waals surface area contributed by atoms with Gasteiger partial charge in [-0.2, -0.15) is 0 Å². The molecule has 1 unspecified atom stereocenters. The lowest BCUT2D eigenvalue weighted by atomic mass is 9.87. The number of esters is 1. The van der Waals surface area contributed by atoms with E-state index in [1.165, 1.54) is 5.56 Å². The van der Waals surface area contributed by atoms with Gasteiger partial charge in [-0.25, -0.2) is 0 Å². The maximum Gasteiger partial charge on any atom is 0.309 e. The lowest BCUT2D eigenvalue weighted by Gasteiger charge is -2.19. The van der Waals surface area contributed by atoms with E-state index in [4.69, 9.17) is 4.74 Å². The third-order valence-corrected chi connectivity index (χ3v) is 3.59. The highest BCUT2D eigenvalue weighted by Gasteiger charge is 2.33. The molecule has 1 aliphatic rings. The van der Waals surface area contributed by atoms with Crippen LogP contribution in [0.15, 0.2) is 24.3 Å². The molecule has 1 aromatic carbocycles. The third kappa shape index (κ3) is 4.31. The van der Waals surface area contributed by atoms with Crippen molar-refractivity contribution in [1.82, 2.24) is 0 Å². The van der Waals surface area contributed by atoms with Crippen LogP contribution in [0.4, 0.5) is 5.69 Å². The predicted octanol–water partition coefficient (Wildman–Crippen LogP) is 3.26. The van der Waals surface area contributed by atoms with Gasteiger partial charge in [0.2, 0.25) is 0 Å². The number of ether oxygens (including phenoxy) is 1. The number of rotatable bonds is 4. The summed E-state index contributed by atoms with van der Waals surface area (Å²) in [7, 11) is 0. The van der Waals surface area contributed by atoms with Crippen molar-refractivity contribution in [2.45, 2.75) is 52.1 Å². The number of hydrogen-bond acceptors (Lipinski definition) is 3. The fourth-order valence-corrected chi connectivity index (χ4v) is 1.94. The van der Waals surface area contributed by atoms with Crippen LogP contribution in [0, 0.1) is 5.92 Å². The Labute approximate surface area is 125 Å². The van der Waals surface area contributed by atoms with Gasteiger partial charge in [-0.05, 0) is 42.9 Å². The van der Waals surface area contributed by atoms with Crippen LogP contribution in [0.25, 0.3) is 0 Å². The van der Waals surface area contributed by atoms with E-state index in [1.807, 2.05) is 24.3 Å². The van der Waals surface area contributed by atoms with Crippen LogP contribution in [0.2, 0.25) is 0 Å². The Hall–Kier alpha value is -1.84. The van der Waals surface area contributed by atoms with E-state index < -0.39 is 6.10 Å². The highest BCUT2D eigenvalue weighted by atomic mass is 16.5. The fraction of sp³-hybridized carbons (Fsp3) is 0.529. The predicted molar refractivity (Wildman–Crippen MR) is 82.0 cm³/mol. The molecule has 4 nitrogen and oxygen atoms in total. The maximum atomic E-state index is 12.0. The summed E-state index contributed by atoms with van der Waals surface area (Å²) in [6.07, 6.45) is 0.989. The minimum Gasteiger partial charge on any atom is -0.452 e. The largest absolute Gasteiger partial charge is 0.452 e. The summed E-state index contributed by atoms with van der Waals surface area (Å²) in [5, 5.41) is 2.77. The minimum absolute atomic E-state index is 0.00585. The van der Waals surface area contributed by atoms with Gasteiger partial charge in [0, 0.05) is 5.69 Å². The lowest BCUT2D eigenvalue weighted by Crippen LogP contribution is -2.30. The standard InChI is InChI=1S/C17H23NO3/c1-11(21-16(20)12-5-6-12)15(19)18-14-9-7-13(8-10-14)17(2,3)4/h7-12H,5-6H2,1-4H3,(H,18,19). The second-order valence-corrected chi connectivity index (χ2v) is 6.67. The molecule has 114 valence electrons. The van der Waals surface area contributed by atoms with E-state index in [-0.39, 0.29) is 23.2 Å². The number of nitrogens with one attached hydrogen (secondary N) is 1. The van der Waals surface area contributed by atoms with E-state index >= 15 is 0 Å². The molecular formula is C17H23NO3. The molecule has 0 aromatic heterocycles. The second kappa shape index (κ2) is 5.88. The van der Waals surface area contributed by atoms with Gasteiger partial charge < -0.3 is 10.1 Å². The van der Waals surface area contributed by atoms with Gasteiger partial charge >= 0.3 is 5.97 Å². The first-order valence-electron chi connectivity index (χ1n) is 7.39. The van der Waals surface area contributed by atoms with Crippen LogP contribution in [0.5, 0.6) is 0 Å².